The number of aromatic amines is 1. The van der Waals surface area contributed by atoms with Crippen molar-refractivity contribution >= 4 is 22.8 Å². The monoisotopic (exact) mass is 330 g/mol. The highest BCUT2D eigenvalue weighted by atomic mass is 16.2. The van der Waals surface area contributed by atoms with Gasteiger partial charge in [0, 0.05) is 5.41 Å². The van der Waals surface area contributed by atoms with E-state index in [1.165, 1.54) is 0 Å². The maximum absolute atomic E-state index is 12.2. The van der Waals surface area contributed by atoms with Crippen LogP contribution in [0.25, 0.3) is 11.0 Å². The number of carbonyl (C=O) groups excluding carboxylic acids is 2. The fourth-order valence-electron chi connectivity index (χ4n) is 2.32. The Balaban J connectivity index is 2.06. The highest BCUT2D eigenvalue weighted by Crippen LogP contribution is 2.22. The summed E-state index contributed by atoms with van der Waals surface area (Å²) in [5.74, 6) is 0.503. The first-order chi connectivity index (χ1) is 11.2. The van der Waals surface area contributed by atoms with Crippen molar-refractivity contribution in [3.8, 4) is 0 Å². The second-order valence-electron chi connectivity index (χ2n) is 7.36. The molecule has 6 heteroatoms. The predicted molar refractivity (Wildman–Crippen MR) is 94.3 cm³/mol. The molecule has 2 aromatic rings. The maximum Gasteiger partial charge on any atom is 0.239 e. The van der Waals surface area contributed by atoms with Gasteiger partial charge in [0.15, 0.2) is 0 Å². The van der Waals surface area contributed by atoms with Gasteiger partial charge in [0.25, 0.3) is 0 Å². The zero-order chi connectivity index (χ0) is 17.9. The molecule has 0 aliphatic heterocycles. The number of aromatic nitrogens is 2. The molecule has 0 bridgehead atoms. The number of rotatable bonds is 5. The maximum atomic E-state index is 12.2. The third kappa shape index (κ3) is 4.34. The number of amides is 2. The van der Waals surface area contributed by atoms with Crippen molar-refractivity contribution in [2.45, 2.75) is 40.7 Å². The summed E-state index contributed by atoms with van der Waals surface area (Å²) in [5, 5.41) is 5.62. The summed E-state index contributed by atoms with van der Waals surface area (Å²) in [6, 6.07) is 7.51. The van der Waals surface area contributed by atoms with Gasteiger partial charge in [-0.2, -0.15) is 0 Å². The van der Waals surface area contributed by atoms with Crippen molar-refractivity contribution in [1.29, 1.82) is 0 Å². The number of carbonyl (C=O) groups is 2. The molecule has 0 spiro atoms. The minimum atomic E-state index is -0.517. The first kappa shape index (κ1) is 18.0. The van der Waals surface area contributed by atoms with Crippen LogP contribution < -0.4 is 10.6 Å². The topological polar surface area (TPSA) is 86.9 Å². The Hall–Kier alpha value is -2.37. The van der Waals surface area contributed by atoms with Gasteiger partial charge in [-0.3, -0.25) is 9.59 Å². The second-order valence-corrected chi connectivity index (χ2v) is 7.36. The third-order valence-corrected chi connectivity index (χ3v) is 3.78. The van der Waals surface area contributed by atoms with Crippen molar-refractivity contribution in [2.24, 2.45) is 11.3 Å². The smallest absolute Gasteiger partial charge is 0.239 e. The molecule has 2 amide bonds. The van der Waals surface area contributed by atoms with Crippen LogP contribution in [0, 0.1) is 11.3 Å². The van der Waals surface area contributed by atoms with E-state index in [9.17, 15) is 9.59 Å². The zero-order valence-electron chi connectivity index (χ0n) is 14.9. The molecule has 1 aromatic carbocycles. The number of hydrogen-bond acceptors (Lipinski definition) is 3. The molecule has 0 radical (unpaired) electrons. The van der Waals surface area contributed by atoms with Crippen molar-refractivity contribution < 1.29 is 9.59 Å². The summed E-state index contributed by atoms with van der Waals surface area (Å²) in [7, 11) is 0. The molecule has 1 unspecified atom stereocenters. The van der Waals surface area contributed by atoms with Gasteiger partial charge in [0.05, 0.1) is 23.6 Å². The third-order valence-electron chi connectivity index (χ3n) is 3.78. The highest BCUT2D eigenvalue weighted by molar-refractivity contribution is 5.87. The molecule has 3 N–H and O–H groups in total. The molecule has 24 heavy (non-hydrogen) atoms. The van der Waals surface area contributed by atoms with Gasteiger partial charge in [0.1, 0.15) is 5.82 Å². The van der Waals surface area contributed by atoms with Crippen LogP contribution >= 0.6 is 0 Å². The summed E-state index contributed by atoms with van der Waals surface area (Å²) in [4.78, 5) is 31.9. The van der Waals surface area contributed by atoms with Gasteiger partial charge in [-0.15, -0.1) is 0 Å². The van der Waals surface area contributed by atoms with E-state index in [1.54, 1.807) is 0 Å². The van der Waals surface area contributed by atoms with Crippen molar-refractivity contribution in [3.05, 3.63) is 30.1 Å². The Morgan fingerprint density at radius 3 is 2.46 bits per heavy atom. The minimum Gasteiger partial charge on any atom is -0.347 e. The summed E-state index contributed by atoms with van der Waals surface area (Å²) >= 11 is 0. The van der Waals surface area contributed by atoms with Crippen LogP contribution in [0.2, 0.25) is 0 Å². The predicted octanol–water partition coefficient (Wildman–Crippen LogP) is 2.54. The van der Waals surface area contributed by atoms with E-state index >= 15 is 0 Å². The van der Waals surface area contributed by atoms with E-state index in [1.807, 2.05) is 58.9 Å². The van der Waals surface area contributed by atoms with E-state index < -0.39 is 5.41 Å². The highest BCUT2D eigenvalue weighted by Gasteiger charge is 2.24. The lowest BCUT2D eigenvalue weighted by Gasteiger charge is -2.22. The van der Waals surface area contributed by atoms with E-state index in [0.717, 1.165) is 16.9 Å². The van der Waals surface area contributed by atoms with Crippen molar-refractivity contribution in [2.75, 3.05) is 6.54 Å². The minimum absolute atomic E-state index is 0.0421. The number of nitrogens with one attached hydrogen (secondary N) is 3. The van der Waals surface area contributed by atoms with Gasteiger partial charge in [0.2, 0.25) is 11.8 Å². The van der Waals surface area contributed by atoms with Crippen LogP contribution in [0.1, 0.15) is 46.5 Å². The quantitative estimate of drug-likeness (QED) is 0.787. The van der Waals surface area contributed by atoms with Gasteiger partial charge in [-0.25, -0.2) is 4.98 Å². The Bertz CT molecular complexity index is 695. The molecule has 1 aromatic heterocycles. The molecule has 0 aliphatic carbocycles. The van der Waals surface area contributed by atoms with Crippen LogP contribution in [0.4, 0.5) is 0 Å². The van der Waals surface area contributed by atoms with Crippen LogP contribution in [0.3, 0.4) is 0 Å². The number of benzene rings is 1. The molecule has 0 fully saturated rings. The average Bonchev–Trinajstić information content (AvgIpc) is 2.92. The first-order valence-electron chi connectivity index (χ1n) is 8.21. The molecule has 6 nitrogen and oxygen atoms in total. The lowest BCUT2D eigenvalue weighted by atomic mass is 9.96. The SMILES string of the molecule is CC(C)C(NC(=O)CNC(=O)C(C)(C)C)c1nc2ccccc2[nH]1. The summed E-state index contributed by atoms with van der Waals surface area (Å²) in [6.07, 6.45) is 0. The molecule has 0 saturated heterocycles. The van der Waals surface area contributed by atoms with E-state index in [-0.39, 0.29) is 30.3 Å². The van der Waals surface area contributed by atoms with Crippen LogP contribution in [0.15, 0.2) is 24.3 Å². The number of nitrogens with zero attached hydrogens (tertiary/aromatic N) is 1. The number of H-pyrrole nitrogens is 1. The largest absolute Gasteiger partial charge is 0.347 e. The van der Waals surface area contributed by atoms with Gasteiger partial charge < -0.3 is 15.6 Å². The van der Waals surface area contributed by atoms with Crippen LogP contribution in [-0.2, 0) is 9.59 Å². The Morgan fingerprint density at radius 2 is 1.88 bits per heavy atom. The van der Waals surface area contributed by atoms with Crippen molar-refractivity contribution in [1.82, 2.24) is 20.6 Å². The molecule has 1 atom stereocenters. The Labute approximate surface area is 142 Å². The fourth-order valence-corrected chi connectivity index (χ4v) is 2.32. The standard InChI is InChI=1S/C18H26N4O2/c1-11(2)15(16-20-12-8-6-7-9-13(12)21-16)22-14(23)10-19-17(24)18(3,4)5/h6-9,11,15H,10H2,1-5H3,(H,19,24)(H,20,21)(H,22,23). The second kappa shape index (κ2) is 7.03. The molecule has 0 aliphatic rings. The van der Waals surface area contributed by atoms with E-state index in [2.05, 4.69) is 20.6 Å². The first-order valence-corrected chi connectivity index (χ1v) is 8.21. The lowest BCUT2D eigenvalue weighted by molar-refractivity contribution is -0.131. The summed E-state index contributed by atoms with van der Waals surface area (Å²) in [5.41, 5.74) is 1.29. The Kier molecular flexibility index (Phi) is 5.26. The molecular weight excluding hydrogens is 304 g/mol. The van der Waals surface area contributed by atoms with Gasteiger partial charge in [-0.05, 0) is 18.1 Å². The molecule has 1 heterocycles. The number of para-hydroxylation sites is 2. The number of hydrogen-bond donors (Lipinski definition) is 3. The number of imidazole rings is 1. The summed E-state index contributed by atoms with van der Waals surface area (Å²) in [6.45, 7) is 9.43. The van der Waals surface area contributed by atoms with Crippen LogP contribution in [-0.4, -0.2) is 28.3 Å². The van der Waals surface area contributed by atoms with Crippen LogP contribution in [0.5, 0.6) is 0 Å². The molecule has 2 rings (SSSR count). The fraction of sp³-hybridized carbons (Fsp3) is 0.500. The lowest BCUT2D eigenvalue weighted by Crippen LogP contribution is -2.43. The normalized spacial score (nSPS) is 13.1. The van der Waals surface area contributed by atoms with Crippen molar-refractivity contribution in [3.63, 3.8) is 0 Å². The molecular formula is C18H26N4O2. The van der Waals surface area contributed by atoms with E-state index in [4.69, 9.17) is 0 Å². The zero-order valence-corrected chi connectivity index (χ0v) is 14.9. The number of fused-ring (bicyclic) bond motifs is 1. The molecule has 0 saturated carbocycles. The van der Waals surface area contributed by atoms with E-state index in [0.29, 0.717) is 0 Å². The molecule has 130 valence electrons. The summed E-state index contributed by atoms with van der Waals surface area (Å²) < 4.78 is 0. The average molecular weight is 330 g/mol. The Morgan fingerprint density at radius 1 is 1.21 bits per heavy atom. The van der Waals surface area contributed by atoms with Gasteiger partial charge >= 0.3 is 0 Å². The van der Waals surface area contributed by atoms with Gasteiger partial charge in [-0.1, -0.05) is 46.8 Å².